The van der Waals surface area contributed by atoms with Gasteiger partial charge in [-0.15, -0.1) is 0 Å². The molecule has 16 heavy (non-hydrogen) atoms. The zero-order valence-electron chi connectivity index (χ0n) is 9.52. The molecule has 3 nitrogen and oxygen atoms in total. The third-order valence-electron chi connectivity index (χ3n) is 2.21. The fourth-order valence-electron chi connectivity index (χ4n) is 1.26. The van der Waals surface area contributed by atoms with E-state index in [0.29, 0.717) is 13.2 Å². The van der Waals surface area contributed by atoms with Gasteiger partial charge in [-0.05, 0) is 19.8 Å². The number of rotatable bonds is 7. The van der Waals surface area contributed by atoms with Gasteiger partial charge in [-0.25, -0.2) is 0 Å². The van der Waals surface area contributed by atoms with Gasteiger partial charge in [0, 0.05) is 20.1 Å². The number of nitriles is 1. The Morgan fingerprint density at radius 1 is 1.31 bits per heavy atom. The van der Waals surface area contributed by atoms with Crippen LogP contribution in [0, 0.1) is 11.3 Å². The van der Waals surface area contributed by atoms with E-state index in [1.165, 1.54) is 7.11 Å². The van der Waals surface area contributed by atoms with Gasteiger partial charge in [-0.1, -0.05) is 0 Å². The number of hydrogen-bond acceptors (Lipinski definition) is 3. The van der Waals surface area contributed by atoms with Crippen molar-refractivity contribution in [1.29, 1.82) is 5.26 Å². The van der Waals surface area contributed by atoms with Crippen LogP contribution in [0.5, 0.6) is 0 Å². The summed E-state index contributed by atoms with van der Waals surface area (Å²) in [6.45, 7) is 2.47. The molecule has 0 aliphatic rings. The van der Waals surface area contributed by atoms with E-state index in [0.717, 1.165) is 0 Å². The Morgan fingerprint density at radius 3 is 2.38 bits per heavy atom. The lowest BCUT2D eigenvalue weighted by molar-refractivity contribution is -0.136. The van der Waals surface area contributed by atoms with Gasteiger partial charge < -0.3 is 4.74 Å². The summed E-state index contributed by atoms with van der Waals surface area (Å²) in [5.41, 5.74) is -0.913. The first-order valence-corrected chi connectivity index (χ1v) is 5.05. The lowest BCUT2D eigenvalue weighted by Gasteiger charge is -2.23. The molecule has 0 bridgehead atoms. The molecule has 6 heteroatoms. The van der Waals surface area contributed by atoms with E-state index in [9.17, 15) is 13.2 Å². The maximum atomic E-state index is 11.9. The van der Waals surface area contributed by atoms with Gasteiger partial charge in [-0.3, -0.25) is 5.32 Å². The fourth-order valence-corrected chi connectivity index (χ4v) is 1.26. The molecule has 0 aliphatic carbocycles. The minimum atomic E-state index is -4.15. The van der Waals surface area contributed by atoms with Crippen LogP contribution in [-0.4, -0.2) is 32.0 Å². The van der Waals surface area contributed by atoms with E-state index in [4.69, 9.17) is 10.00 Å². The molecular weight excluding hydrogens is 221 g/mol. The summed E-state index contributed by atoms with van der Waals surface area (Å²) in [5, 5.41) is 11.8. The summed E-state index contributed by atoms with van der Waals surface area (Å²) in [7, 11) is 1.52. The number of nitrogens with zero attached hydrogens (tertiary/aromatic N) is 1. The number of halogens is 3. The van der Waals surface area contributed by atoms with Crippen molar-refractivity contribution in [3.8, 4) is 6.07 Å². The van der Waals surface area contributed by atoms with Crippen LogP contribution in [0.15, 0.2) is 0 Å². The maximum Gasteiger partial charge on any atom is 0.389 e. The molecule has 1 N–H and O–H groups in total. The standard InChI is InChI=1S/C10H17F3N2O/c1-9(8-14,15-6-7-16-2)4-3-5-10(11,12)13/h15H,3-7H2,1-2H3. The van der Waals surface area contributed by atoms with Crippen molar-refractivity contribution in [2.24, 2.45) is 0 Å². The molecule has 0 heterocycles. The average molecular weight is 238 g/mol. The highest BCUT2D eigenvalue weighted by Crippen LogP contribution is 2.24. The van der Waals surface area contributed by atoms with Gasteiger partial charge in [0.1, 0.15) is 5.54 Å². The SMILES string of the molecule is COCCNC(C)(C#N)CCCC(F)(F)F. The molecule has 0 spiro atoms. The second kappa shape index (κ2) is 6.71. The Balaban J connectivity index is 3.93. The van der Waals surface area contributed by atoms with E-state index in [2.05, 4.69) is 5.32 Å². The first-order chi connectivity index (χ1) is 7.33. The Hall–Kier alpha value is -0.800. The third-order valence-corrected chi connectivity index (χ3v) is 2.21. The zero-order valence-corrected chi connectivity index (χ0v) is 9.52. The second-order valence-corrected chi connectivity index (χ2v) is 3.83. The molecule has 0 aromatic heterocycles. The first kappa shape index (κ1) is 15.2. The van der Waals surface area contributed by atoms with Crippen LogP contribution < -0.4 is 5.32 Å². The zero-order chi connectivity index (χ0) is 12.7. The lowest BCUT2D eigenvalue weighted by atomic mass is 9.96. The smallest absolute Gasteiger partial charge is 0.383 e. The Morgan fingerprint density at radius 2 is 1.94 bits per heavy atom. The van der Waals surface area contributed by atoms with Crippen molar-refractivity contribution in [2.45, 2.75) is 37.9 Å². The van der Waals surface area contributed by atoms with Crippen LogP contribution in [-0.2, 0) is 4.74 Å². The summed E-state index contributed by atoms with van der Waals surface area (Å²) < 4.78 is 40.5. The predicted molar refractivity (Wildman–Crippen MR) is 53.8 cm³/mol. The lowest BCUT2D eigenvalue weighted by Crippen LogP contribution is -2.42. The van der Waals surface area contributed by atoms with Crippen molar-refractivity contribution >= 4 is 0 Å². The quantitative estimate of drug-likeness (QED) is 0.692. The molecule has 0 saturated heterocycles. The fraction of sp³-hybridized carbons (Fsp3) is 0.900. The molecule has 0 rings (SSSR count). The van der Waals surface area contributed by atoms with E-state index in [1.807, 2.05) is 6.07 Å². The van der Waals surface area contributed by atoms with Crippen LogP contribution in [0.4, 0.5) is 13.2 Å². The predicted octanol–water partition coefficient (Wildman–Crippen LogP) is 2.24. The molecule has 0 aliphatic heterocycles. The summed E-state index contributed by atoms with van der Waals surface area (Å²) >= 11 is 0. The molecule has 1 unspecified atom stereocenters. The van der Waals surface area contributed by atoms with Gasteiger partial charge >= 0.3 is 6.18 Å². The molecule has 0 saturated carbocycles. The molecular formula is C10H17F3N2O. The summed E-state index contributed by atoms with van der Waals surface area (Å²) in [6.07, 6.45) is -4.88. The van der Waals surface area contributed by atoms with Gasteiger partial charge in [0.05, 0.1) is 12.7 Å². The van der Waals surface area contributed by atoms with E-state index < -0.39 is 18.1 Å². The Kier molecular flexibility index (Phi) is 6.38. The van der Waals surface area contributed by atoms with Crippen molar-refractivity contribution in [2.75, 3.05) is 20.3 Å². The van der Waals surface area contributed by atoms with Crippen LogP contribution in [0.25, 0.3) is 0 Å². The number of methoxy groups -OCH3 is 1. The van der Waals surface area contributed by atoms with Gasteiger partial charge in [0.15, 0.2) is 0 Å². The molecule has 1 atom stereocenters. The molecule has 94 valence electrons. The number of nitrogens with one attached hydrogen (secondary N) is 1. The summed E-state index contributed by atoms with van der Waals surface area (Å²) in [5.74, 6) is 0. The van der Waals surface area contributed by atoms with Crippen LogP contribution >= 0.6 is 0 Å². The first-order valence-electron chi connectivity index (χ1n) is 5.05. The van der Waals surface area contributed by atoms with Crippen molar-refractivity contribution in [3.05, 3.63) is 0 Å². The monoisotopic (exact) mass is 238 g/mol. The number of hydrogen-bond donors (Lipinski definition) is 1. The van der Waals surface area contributed by atoms with Crippen molar-refractivity contribution < 1.29 is 17.9 Å². The minimum absolute atomic E-state index is 0.0481. The van der Waals surface area contributed by atoms with E-state index >= 15 is 0 Å². The van der Waals surface area contributed by atoms with Gasteiger partial charge in [0.2, 0.25) is 0 Å². The minimum Gasteiger partial charge on any atom is -0.383 e. The average Bonchev–Trinajstić information content (AvgIpc) is 2.16. The van der Waals surface area contributed by atoms with Crippen LogP contribution in [0.2, 0.25) is 0 Å². The second-order valence-electron chi connectivity index (χ2n) is 3.83. The largest absolute Gasteiger partial charge is 0.389 e. The topological polar surface area (TPSA) is 45.0 Å². The summed E-state index contributed by atoms with van der Waals surface area (Å²) in [6, 6.07) is 1.99. The maximum absolute atomic E-state index is 11.9. The van der Waals surface area contributed by atoms with Gasteiger partial charge in [0.25, 0.3) is 0 Å². The number of ether oxygens (including phenoxy) is 1. The highest BCUT2D eigenvalue weighted by atomic mass is 19.4. The molecule has 0 fully saturated rings. The summed E-state index contributed by atoms with van der Waals surface area (Å²) in [4.78, 5) is 0. The van der Waals surface area contributed by atoms with E-state index in [1.54, 1.807) is 6.92 Å². The Bertz CT molecular complexity index is 237. The van der Waals surface area contributed by atoms with Gasteiger partial charge in [-0.2, -0.15) is 18.4 Å². The molecule has 0 amide bonds. The molecule has 0 aromatic carbocycles. The highest BCUT2D eigenvalue weighted by molar-refractivity contribution is 5.03. The molecule has 0 aromatic rings. The highest BCUT2D eigenvalue weighted by Gasteiger charge is 2.29. The third kappa shape index (κ3) is 7.49. The molecule has 0 radical (unpaired) electrons. The Labute approximate surface area is 93.6 Å². The normalized spacial score (nSPS) is 15.5. The van der Waals surface area contributed by atoms with E-state index in [-0.39, 0.29) is 12.8 Å². The number of alkyl halides is 3. The van der Waals surface area contributed by atoms with Crippen molar-refractivity contribution in [1.82, 2.24) is 5.32 Å². The van der Waals surface area contributed by atoms with Crippen molar-refractivity contribution in [3.63, 3.8) is 0 Å². The van der Waals surface area contributed by atoms with Crippen LogP contribution in [0.1, 0.15) is 26.2 Å². The van der Waals surface area contributed by atoms with Crippen LogP contribution in [0.3, 0.4) is 0 Å².